The Kier molecular flexibility index (Phi) is 4.18. The molecule has 92 valence electrons. The van der Waals surface area contributed by atoms with Crippen molar-refractivity contribution in [2.75, 3.05) is 0 Å². The predicted octanol–water partition coefficient (Wildman–Crippen LogP) is 3.24. The average Bonchev–Trinajstić information content (AvgIpc) is 2.84. The van der Waals surface area contributed by atoms with E-state index in [9.17, 15) is 4.79 Å². The van der Waals surface area contributed by atoms with Gasteiger partial charge < -0.3 is 5.32 Å². The standard InChI is InChI=1S/C15H21NO/c1-2-14(12-8-4-3-5-9-12)15(17)16-13-10-6-7-11-13/h3-5,8-9,13-14H,2,6-7,10-11H2,1H3,(H,16,17). The zero-order valence-corrected chi connectivity index (χ0v) is 10.5. The van der Waals surface area contributed by atoms with E-state index in [0.717, 1.165) is 24.8 Å². The highest BCUT2D eigenvalue weighted by atomic mass is 16.1. The zero-order chi connectivity index (χ0) is 12.1. The first-order chi connectivity index (χ1) is 8.31. The summed E-state index contributed by atoms with van der Waals surface area (Å²) in [6, 6.07) is 10.5. The normalized spacial score (nSPS) is 17.9. The maximum absolute atomic E-state index is 12.2. The van der Waals surface area contributed by atoms with Gasteiger partial charge in [0.2, 0.25) is 5.91 Å². The van der Waals surface area contributed by atoms with Crippen LogP contribution in [0.3, 0.4) is 0 Å². The van der Waals surface area contributed by atoms with Gasteiger partial charge in [-0.3, -0.25) is 4.79 Å². The molecule has 2 heteroatoms. The molecule has 0 aromatic heterocycles. The molecule has 17 heavy (non-hydrogen) atoms. The average molecular weight is 231 g/mol. The van der Waals surface area contributed by atoms with E-state index in [-0.39, 0.29) is 11.8 Å². The van der Waals surface area contributed by atoms with Gasteiger partial charge in [0.05, 0.1) is 5.92 Å². The second kappa shape index (κ2) is 5.85. The van der Waals surface area contributed by atoms with E-state index in [1.165, 1.54) is 12.8 Å². The smallest absolute Gasteiger partial charge is 0.227 e. The number of hydrogen-bond acceptors (Lipinski definition) is 1. The molecule has 1 amide bonds. The molecule has 0 spiro atoms. The van der Waals surface area contributed by atoms with Crippen molar-refractivity contribution in [1.82, 2.24) is 5.32 Å². The van der Waals surface area contributed by atoms with Crippen LogP contribution in [0.25, 0.3) is 0 Å². The molecule has 1 unspecified atom stereocenters. The second-order valence-corrected chi connectivity index (χ2v) is 4.86. The minimum atomic E-state index is 0.0109. The number of benzene rings is 1. The van der Waals surface area contributed by atoms with E-state index in [4.69, 9.17) is 0 Å². The van der Waals surface area contributed by atoms with Crippen LogP contribution in [0.1, 0.15) is 50.5 Å². The highest BCUT2D eigenvalue weighted by molar-refractivity contribution is 5.83. The van der Waals surface area contributed by atoms with Crippen molar-refractivity contribution in [3.8, 4) is 0 Å². The van der Waals surface area contributed by atoms with E-state index in [0.29, 0.717) is 6.04 Å². The van der Waals surface area contributed by atoms with E-state index >= 15 is 0 Å². The lowest BCUT2D eigenvalue weighted by Crippen LogP contribution is -2.36. The Bertz CT molecular complexity index is 354. The Morgan fingerprint density at radius 3 is 2.53 bits per heavy atom. The van der Waals surface area contributed by atoms with Crippen molar-refractivity contribution < 1.29 is 4.79 Å². The third-order valence-corrected chi connectivity index (χ3v) is 3.63. The number of carbonyl (C=O) groups excluding carboxylic acids is 1. The lowest BCUT2D eigenvalue weighted by Gasteiger charge is -2.18. The van der Waals surface area contributed by atoms with Gasteiger partial charge in [0, 0.05) is 6.04 Å². The van der Waals surface area contributed by atoms with Crippen LogP contribution in [-0.2, 0) is 4.79 Å². The fraction of sp³-hybridized carbons (Fsp3) is 0.533. The van der Waals surface area contributed by atoms with Crippen molar-refractivity contribution in [2.24, 2.45) is 0 Å². The van der Waals surface area contributed by atoms with Crippen LogP contribution < -0.4 is 5.32 Å². The molecule has 1 aliphatic carbocycles. The summed E-state index contributed by atoms with van der Waals surface area (Å²) in [5, 5.41) is 3.19. The molecule has 0 saturated heterocycles. The van der Waals surface area contributed by atoms with Gasteiger partial charge in [-0.2, -0.15) is 0 Å². The summed E-state index contributed by atoms with van der Waals surface area (Å²) in [5.74, 6) is 0.211. The fourth-order valence-electron chi connectivity index (χ4n) is 2.63. The third-order valence-electron chi connectivity index (χ3n) is 3.63. The van der Waals surface area contributed by atoms with Crippen LogP contribution in [0.2, 0.25) is 0 Å². The lowest BCUT2D eigenvalue weighted by molar-refractivity contribution is -0.123. The molecule has 1 fully saturated rings. The van der Waals surface area contributed by atoms with Crippen LogP contribution in [0.15, 0.2) is 30.3 Å². The van der Waals surface area contributed by atoms with Crippen molar-refractivity contribution >= 4 is 5.91 Å². The van der Waals surface area contributed by atoms with Crippen LogP contribution in [0.5, 0.6) is 0 Å². The fourth-order valence-corrected chi connectivity index (χ4v) is 2.63. The van der Waals surface area contributed by atoms with Gasteiger partial charge in [0.25, 0.3) is 0 Å². The van der Waals surface area contributed by atoms with Gasteiger partial charge in [-0.05, 0) is 24.8 Å². The molecule has 1 aliphatic rings. The summed E-state index contributed by atoms with van der Waals surface area (Å²) in [4.78, 5) is 12.2. The Morgan fingerprint density at radius 1 is 1.29 bits per heavy atom. The molecule has 1 atom stereocenters. The molecule has 0 bridgehead atoms. The van der Waals surface area contributed by atoms with E-state index in [1.54, 1.807) is 0 Å². The molecule has 0 radical (unpaired) electrons. The van der Waals surface area contributed by atoms with Gasteiger partial charge in [-0.1, -0.05) is 50.1 Å². The summed E-state index contributed by atoms with van der Waals surface area (Å²) in [6.07, 6.45) is 5.68. The molecular formula is C15H21NO. The summed E-state index contributed by atoms with van der Waals surface area (Å²) < 4.78 is 0. The first kappa shape index (κ1) is 12.2. The van der Waals surface area contributed by atoms with E-state index in [2.05, 4.69) is 12.2 Å². The maximum atomic E-state index is 12.2. The van der Waals surface area contributed by atoms with Crippen molar-refractivity contribution in [2.45, 2.75) is 51.0 Å². The quantitative estimate of drug-likeness (QED) is 0.846. The molecular weight excluding hydrogens is 210 g/mol. The Hall–Kier alpha value is -1.31. The monoisotopic (exact) mass is 231 g/mol. The number of hydrogen-bond donors (Lipinski definition) is 1. The van der Waals surface area contributed by atoms with Crippen LogP contribution in [0.4, 0.5) is 0 Å². The Morgan fingerprint density at radius 2 is 1.94 bits per heavy atom. The molecule has 0 heterocycles. The number of rotatable bonds is 4. The van der Waals surface area contributed by atoms with Gasteiger partial charge in [-0.15, -0.1) is 0 Å². The topological polar surface area (TPSA) is 29.1 Å². The highest BCUT2D eigenvalue weighted by Gasteiger charge is 2.23. The lowest BCUT2D eigenvalue weighted by atomic mass is 9.95. The summed E-state index contributed by atoms with van der Waals surface area (Å²) in [5.41, 5.74) is 1.13. The van der Waals surface area contributed by atoms with E-state index in [1.807, 2.05) is 30.3 Å². The molecule has 1 aromatic rings. The third kappa shape index (κ3) is 3.09. The van der Waals surface area contributed by atoms with Crippen molar-refractivity contribution in [1.29, 1.82) is 0 Å². The minimum Gasteiger partial charge on any atom is -0.353 e. The number of carbonyl (C=O) groups is 1. The second-order valence-electron chi connectivity index (χ2n) is 4.86. The van der Waals surface area contributed by atoms with Crippen LogP contribution in [0, 0.1) is 0 Å². The minimum absolute atomic E-state index is 0.0109. The molecule has 2 nitrogen and oxygen atoms in total. The van der Waals surface area contributed by atoms with Crippen LogP contribution in [-0.4, -0.2) is 11.9 Å². The highest BCUT2D eigenvalue weighted by Crippen LogP contribution is 2.22. The Balaban J connectivity index is 2.00. The summed E-state index contributed by atoms with van der Waals surface area (Å²) >= 11 is 0. The zero-order valence-electron chi connectivity index (χ0n) is 10.5. The van der Waals surface area contributed by atoms with E-state index < -0.39 is 0 Å². The first-order valence-electron chi connectivity index (χ1n) is 6.66. The number of nitrogens with one attached hydrogen (secondary N) is 1. The molecule has 2 rings (SSSR count). The van der Waals surface area contributed by atoms with Gasteiger partial charge >= 0.3 is 0 Å². The molecule has 1 saturated carbocycles. The molecule has 1 aromatic carbocycles. The molecule has 0 aliphatic heterocycles. The van der Waals surface area contributed by atoms with Gasteiger partial charge in [0.15, 0.2) is 0 Å². The summed E-state index contributed by atoms with van der Waals surface area (Å²) in [6.45, 7) is 2.08. The maximum Gasteiger partial charge on any atom is 0.227 e. The SMILES string of the molecule is CCC(C(=O)NC1CCCC1)c1ccccc1. The first-order valence-corrected chi connectivity index (χ1v) is 6.66. The van der Waals surface area contributed by atoms with Crippen molar-refractivity contribution in [3.63, 3.8) is 0 Å². The number of amides is 1. The van der Waals surface area contributed by atoms with Gasteiger partial charge in [-0.25, -0.2) is 0 Å². The summed E-state index contributed by atoms with van der Waals surface area (Å²) in [7, 11) is 0. The molecule has 1 N–H and O–H groups in total. The predicted molar refractivity (Wildman–Crippen MR) is 69.9 cm³/mol. The largest absolute Gasteiger partial charge is 0.353 e. The van der Waals surface area contributed by atoms with Crippen molar-refractivity contribution in [3.05, 3.63) is 35.9 Å². The Labute approximate surface area is 103 Å². The van der Waals surface area contributed by atoms with Gasteiger partial charge in [0.1, 0.15) is 0 Å². The van der Waals surface area contributed by atoms with Crippen LogP contribution >= 0.6 is 0 Å².